The molecule has 0 bridgehead atoms. The third-order valence-corrected chi connectivity index (χ3v) is 8.18. The number of aromatic nitrogens is 1. The van der Waals surface area contributed by atoms with Crippen LogP contribution in [-0.4, -0.2) is 36.4 Å². The lowest BCUT2D eigenvalue weighted by molar-refractivity contribution is -0.142. The summed E-state index contributed by atoms with van der Waals surface area (Å²) in [6.07, 6.45) is 11.6. The summed E-state index contributed by atoms with van der Waals surface area (Å²) in [4.78, 5) is 25.4. The molecule has 180 valence electrons. The van der Waals surface area contributed by atoms with E-state index in [9.17, 15) is 14.9 Å². The minimum atomic E-state index is -0.574. The number of carbonyl (C=O) groups excluding carboxylic acids is 2. The normalized spacial score (nSPS) is 18.1. The molecule has 2 fully saturated rings. The Balaban J connectivity index is 1.49. The Morgan fingerprint density at radius 1 is 1.24 bits per heavy atom. The van der Waals surface area contributed by atoms with Crippen molar-refractivity contribution in [2.24, 2.45) is 11.1 Å². The molecule has 7 nitrogen and oxygen atoms in total. The number of aryl methyl sites for hydroxylation is 1. The molecule has 1 spiro atoms. The average Bonchev–Trinajstić information content (AvgIpc) is 3.26. The molecule has 1 aromatic carbocycles. The monoisotopic (exact) mass is 462 g/mol. The zero-order valence-corrected chi connectivity index (χ0v) is 20.4. The highest BCUT2D eigenvalue weighted by Crippen LogP contribution is 2.50. The van der Waals surface area contributed by atoms with Crippen LogP contribution < -0.4 is 10.6 Å². The summed E-state index contributed by atoms with van der Waals surface area (Å²) in [6.45, 7) is 4.53. The maximum atomic E-state index is 12.2. The van der Waals surface area contributed by atoms with Crippen LogP contribution in [0.3, 0.4) is 0 Å². The minimum absolute atomic E-state index is 0.105. The van der Waals surface area contributed by atoms with E-state index < -0.39 is 6.03 Å². The number of carbonyl (C=O) groups is 2. The Bertz CT molecular complexity index is 1090. The van der Waals surface area contributed by atoms with Gasteiger partial charge in [0.1, 0.15) is 0 Å². The summed E-state index contributed by atoms with van der Waals surface area (Å²) in [6, 6.07) is 6.03. The molecular weight excluding hydrogens is 427 g/mol. The fourth-order valence-electron chi connectivity index (χ4n) is 6.12. The van der Waals surface area contributed by atoms with E-state index in [1.165, 1.54) is 36.1 Å². The van der Waals surface area contributed by atoms with Crippen molar-refractivity contribution in [3.05, 3.63) is 30.0 Å². The summed E-state index contributed by atoms with van der Waals surface area (Å²) < 4.78 is 7.39. The third kappa shape index (κ3) is 4.80. The molecule has 1 saturated heterocycles. The average molecular weight is 462 g/mol. The number of rotatable bonds is 6. The highest BCUT2D eigenvalue weighted by Gasteiger charge is 2.40. The molecule has 2 aromatic rings. The highest BCUT2D eigenvalue weighted by molar-refractivity contribution is 6.67. The summed E-state index contributed by atoms with van der Waals surface area (Å²) in [5.74, 6) is 2.12. The van der Waals surface area contributed by atoms with Gasteiger partial charge in [-0.1, -0.05) is 25.5 Å². The van der Waals surface area contributed by atoms with Crippen LogP contribution in [0.1, 0.15) is 63.5 Å². The molecule has 4 rings (SSSR count). The van der Waals surface area contributed by atoms with Gasteiger partial charge in [-0.3, -0.25) is 9.69 Å². The van der Waals surface area contributed by atoms with Crippen molar-refractivity contribution in [1.82, 2.24) is 4.57 Å². The van der Waals surface area contributed by atoms with E-state index in [0.29, 0.717) is 18.1 Å². The standard InChI is InChI=1S/C26H35BN4O3/c1-3-34-24(32)9-17-31(25(29)33)22-4-5-23-21(19(22)2)8-16-30(23)20-6-10-26(11-7-20)12-14-27(18-28)15-13-26/h4-5,8,16,20H,3,6-7,9-15,17H2,1-2H3,(H2,29,33). The van der Waals surface area contributed by atoms with Crippen LogP contribution in [0.2, 0.25) is 12.6 Å². The number of amides is 2. The number of nitrogens with zero attached hydrogens (tertiary/aromatic N) is 3. The van der Waals surface area contributed by atoms with Crippen LogP contribution in [0.15, 0.2) is 24.4 Å². The molecule has 2 N–H and O–H groups in total. The van der Waals surface area contributed by atoms with E-state index in [0.717, 1.165) is 42.1 Å². The molecule has 8 heteroatoms. The Hall–Kier alpha value is -2.95. The lowest BCUT2D eigenvalue weighted by atomic mass is 9.38. The number of hydrogen-bond donors (Lipinski definition) is 1. The second kappa shape index (κ2) is 10.1. The molecule has 0 unspecified atom stereocenters. The number of anilines is 1. The van der Waals surface area contributed by atoms with Gasteiger partial charge in [0.05, 0.1) is 13.0 Å². The van der Waals surface area contributed by atoms with E-state index in [1.807, 2.05) is 13.0 Å². The van der Waals surface area contributed by atoms with Crippen LogP contribution >= 0.6 is 0 Å². The van der Waals surface area contributed by atoms with Crippen molar-refractivity contribution < 1.29 is 14.3 Å². The van der Waals surface area contributed by atoms with Gasteiger partial charge in [-0.25, -0.2) is 10.1 Å². The van der Waals surface area contributed by atoms with Gasteiger partial charge >= 0.3 is 12.0 Å². The SMILES string of the molecule is CCOC(=O)CCN(C(N)=O)c1ccc2c(ccn2C2CCC3(CCB(C#N)CC3)CC2)c1C. The van der Waals surface area contributed by atoms with Gasteiger partial charge in [-0.2, -0.15) is 0 Å². The molecule has 0 atom stereocenters. The first-order valence-electron chi connectivity index (χ1n) is 12.6. The summed E-state index contributed by atoms with van der Waals surface area (Å²) >= 11 is 0. The van der Waals surface area contributed by atoms with Gasteiger partial charge in [-0.15, -0.1) is 0 Å². The quantitative estimate of drug-likeness (QED) is 0.469. The topological polar surface area (TPSA) is 101 Å². The molecule has 1 aromatic heterocycles. The highest BCUT2D eigenvalue weighted by atomic mass is 16.5. The van der Waals surface area contributed by atoms with Crippen LogP contribution in [0, 0.1) is 23.6 Å². The number of primary amides is 1. The fraction of sp³-hybridized carbons (Fsp3) is 0.577. The van der Waals surface area contributed by atoms with Crippen molar-refractivity contribution in [3.63, 3.8) is 0 Å². The molecule has 2 aliphatic rings. The van der Waals surface area contributed by atoms with Gasteiger partial charge in [0.15, 0.2) is 0 Å². The predicted molar refractivity (Wildman–Crippen MR) is 135 cm³/mol. The van der Waals surface area contributed by atoms with Crippen LogP contribution in [-0.2, 0) is 9.53 Å². The van der Waals surface area contributed by atoms with Gasteiger partial charge in [0.25, 0.3) is 6.71 Å². The zero-order chi connectivity index (χ0) is 24.3. The predicted octanol–water partition coefficient (Wildman–Crippen LogP) is 5.24. The minimum Gasteiger partial charge on any atom is -0.466 e. The smallest absolute Gasteiger partial charge is 0.319 e. The molecule has 0 radical (unpaired) electrons. The maximum absolute atomic E-state index is 12.2. The molecule has 1 saturated carbocycles. The van der Waals surface area contributed by atoms with Gasteiger partial charge in [0.2, 0.25) is 0 Å². The maximum Gasteiger partial charge on any atom is 0.319 e. The first kappa shape index (κ1) is 24.2. The number of urea groups is 1. The lowest BCUT2D eigenvalue weighted by Crippen LogP contribution is -2.38. The first-order chi connectivity index (χ1) is 16.4. The Morgan fingerprint density at radius 2 is 1.94 bits per heavy atom. The molecule has 2 heterocycles. The fourth-order valence-corrected chi connectivity index (χ4v) is 6.12. The van der Waals surface area contributed by atoms with Crippen LogP contribution in [0.4, 0.5) is 10.5 Å². The van der Waals surface area contributed by atoms with Crippen molar-refractivity contribution >= 4 is 35.3 Å². The van der Waals surface area contributed by atoms with Gasteiger partial charge in [-0.05, 0) is 68.7 Å². The molecule has 1 aliphatic carbocycles. The third-order valence-electron chi connectivity index (χ3n) is 8.18. The van der Waals surface area contributed by atoms with Gasteiger partial charge < -0.3 is 15.0 Å². The van der Waals surface area contributed by atoms with E-state index in [2.05, 4.69) is 28.9 Å². The second-order valence-electron chi connectivity index (χ2n) is 10.0. The Labute approximate surface area is 202 Å². The first-order valence-corrected chi connectivity index (χ1v) is 12.6. The number of hydrogen-bond acceptors (Lipinski definition) is 4. The van der Waals surface area contributed by atoms with E-state index in [-0.39, 0.29) is 25.6 Å². The van der Waals surface area contributed by atoms with Crippen molar-refractivity contribution in [2.75, 3.05) is 18.1 Å². The number of fused-ring (bicyclic) bond motifs is 1. The van der Waals surface area contributed by atoms with Crippen molar-refractivity contribution in [3.8, 4) is 5.97 Å². The molecule has 2 amide bonds. The molecule has 34 heavy (non-hydrogen) atoms. The van der Waals surface area contributed by atoms with E-state index in [1.54, 1.807) is 6.92 Å². The molecule has 1 aliphatic heterocycles. The second-order valence-corrected chi connectivity index (χ2v) is 10.0. The number of esters is 1. The Kier molecular flexibility index (Phi) is 7.20. The number of nitrogens with two attached hydrogens (primary N) is 1. The lowest BCUT2D eigenvalue weighted by Gasteiger charge is -2.44. The van der Waals surface area contributed by atoms with Crippen LogP contribution in [0.5, 0.6) is 0 Å². The number of ether oxygens (including phenoxy) is 1. The van der Waals surface area contributed by atoms with Crippen molar-refractivity contribution in [1.29, 1.82) is 5.26 Å². The number of nitriles is 1. The number of benzene rings is 1. The van der Waals surface area contributed by atoms with Gasteiger partial charge in [0, 0.05) is 41.3 Å². The zero-order valence-electron chi connectivity index (χ0n) is 20.4. The van der Waals surface area contributed by atoms with Crippen molar-refractivity contribution in [2.45, 2.75) is 77.5 Å². The molecular formula is C26H35BN4O3. The Morgan fingerprint density at radius 3 is 2.56 bits per heavy atom. The summed E-state index contributed by atoms with van der Waals surface area (Å²) in [5.41, 5.74) is 9.00. The largest absolute Gasteiger partial charge is 0.466 e. The van der Waals surface area contributed by atoms with Crippen LogP contribution in [0.25, 0.3) is 10.9 Å². The van der Waals surface area contributed by atoms with E-state index >= 15 is 0 Å². The van der Waals surface area contributed by atoms with E-state index in [4.69, 9.17) is 10.5 Å². The summed E-state index contributed by atoms with van der Waals surface area (Å²) in [5, 5.41) is 10.3. The summed E-state index contributed by atoms with van der Waals surface area (Å²) in [7, 11) is 0.